The molecule has 1 rings (SSSR count). The minimum Gasteiger partial charge on any atom is -0.431 e. The smallest absolute Gasteiger partial charge is 0.387 e. The Morgan fingerprint density at radius 2 is 2.14 bits per heavy atom. The molecule has 0 atom stereocenters. The number of para-hydroxylation sites is 1. The van der Waals surface area contributed by atoms with Crippen molar-refractivity contribution in [2.24, 2.45) is 0 Å². The molecule has 0 aromatic heterocycles. The minimum absolute atomic E-state index is 0.361. The van der Waals surface area contributed by atoms with Crippen LogP contribution in [-0.4, -0.2) is 6.61 Å². The van der Waals surface area contributed by atoms with Gasteiger partial charge in [-0.15, -0.1) is 0 Å². The highest BCUT2D eigenvalue weighted by molar-refractivity contribution is 5.35. The summed E-state index contributed by atoms with van der Waals surface area (Å²) >= 11 is 0. The van der Waals surface area contributed by atoms with Crippen LogP contribution in [0.15, 0.2) is 18.2 Å². The molecule has 0 bridgehead atoms. The first kappa shape index (κ1) is 10.9. The Labute approximate surface area is 80.5 Å². The molecule has 0 aliphatic rings. The highest BCUT2D eigenvalue weighted by Gasteiger charge is 2.13. The Kier molecular flexibility index (Phi) is 3.80. The lowest BCUT2D eigenvalue weighted by atomic mass is 10.1. The van der Waals surface area contributed by atoms with Gasteiger partial charge in [0, 0.05) is 0 Å². The summed E-state index contributed by atoms with van der Waals surface area (Å²) in [6.45, 7) is -1.24. The third kappa shape index (κ3) is 2.65. The maximum atomic E-state index is 13.1. The second-order valence-corrected chi connectivity index (χ2v) is 2.72. The summed E-state index contributed by atoms with van der Waals surface area (Å²) in [6.07, 6.45) is 2.15. The number of hydrogen-bond acceptors (Lipinski definition) is 1. The molecule has 0 unspecified atom stereocenters. The van der Waals surface area contributed by atoms with Crippen molar-refractivity contribution in [3.8, 4) is 5.75 Å². The van der Waals surface area contributed by atoms with E-state index in [2.05, 4.69) is 4.74 Å². The number of halogens is 3. The zero-order valence-corrected chi connectivity index (χ0v) is 7.64. The number of alkyl halides is 2. The summed E-state index contributed by atoms with van der Waals surface area (Å²) in [5.41, 5.74) is 0.424. The highest BCUT2D eigenvalue weighted by Crippen LogP contribution is 2.25. The van der Waals surface area contributed by atoms with Crippen molar-refractivity contribution in [1.82, 2.24) is 0 Å². The summed E-state index contributed by atoms with van der Waals surface area (Å²) in [5, 5.41) is 0. The standard InChI is InChI=1S/C10H10F3O/c1-2-4-7-5-3-6-8(11)9(7)14-10(12)13/h2-3,5-6,10H,4H2,1H3. The van der Waals surface area contributed by atoms with E-state index in [9.17, 15) is 13.2 Å². The van der Waals surface area contributed by atoms with Crippen LogP contribution in [0, 0.1) is 12.2 Å². The van der Waals surface area contributed by atoms with Crippen LogP contribution in [0.5, 0.6) is 5.75 Å². The van der Waals surface area contributed by atoms with Crippen LogP contribution in [-0.2, 0) is 6.42 Å². The van der Waals surface area contributed by atoms with E-state index in [1.165, 1.54) is 6.07 Å². The van der Waals surface area contributed by atoms with Crippen molar-refractivity contribution in [3.63, 3.8) is 0 Å². The van der Waals surface area contributed by atoms with Gasteiger partial charge in [0.25, 0.3) is 0 Å². The van der Waals surface area contributed by atoms with Crippen molar-refractivity contribution in [2.45, 2.75) is 20.0 Å². The van der Waals surface area contributed by atoms with Crippen molar-refractivity contribution in [3.05, 3.63) is 36.0 Å². The first-order valence-corrected chi connectivity index (χ1v) is 4.15. The average molecular weight is 203 g/mol. The van der Waals surface area contributed by atoms with Gasteiger partial charge >= 0.3 is 6.61 Å². The molecule has 1 aromatic rings. The summed E-state index contributed by atoms with van der Waals surface area (Å²) in [7, 11) is 0. The number of benzene rings is 1. The number of rotatable bonds is 4. The Morgan fingerprint density at radius 3 is 2.71 bits per heavy atom. The third-order valence-corrected chi connectivity index (χ3v) is 1.68. The van der Waals surface area contributed by atoms with E-state index in [0.29, 0.717) is 12.0 Å². The lowest BCUT2D eigenvalue weighted by molar-refractivity contribution is -0.0527. The molecule has 1 radical (unpaired) electrons. The van der Waals surface area contributed by atoms with Gasteiger partial charge in [-0.3, -0.25) is 0 Å². The summed E-state index contributed by atoms with van der Waals surface area (Å²) < 4.78 is 41.0. The van der Waals surface area contributed by atoms with Crippen LogP contribution < -0.4 is 4.74 Å². The van der Waals surface area contributed by atoms with Gasteiger partial charge < -0.3 is 4.74 Å². The van der Waals surface area contributed by atoms with E-state index < -0.39 is 12.4 Å². The van der Waals surface area contributed by atoms with Crippen LogP contribution in [0.25, 0.3) is 0 Å². The third-order valence-electron chi connectivity index (χ3n) is 1.68. The molecule has 0 fully saturated rings. The average Bonchev–Trinajstić information content (AvgIpc) is 2.11. The predicted octanol–water partition coefficient (Wildman–Crippen LogP) is 3.19. The van der Waals surface area contributed by atoms with Crippen molar-refractivity contribution < 1.29 is 17.9 Å². The van der Waals surface area contributed by atoms with Crippen molar-refractivity contribution in [2.75, 3.05) is 0 Å². The first-order valence-electron chi connectivity index (χ1n) is 4.15. The Balaban J connectivity index is 2.96. The fraction of sp³-hybridized carbons (Fsp3) is 0.300. The SMILES string of the molecule is C[CH]Cc1cccc(F)c1OC(F)F. The lowest BCUT2D eigenvalue weighted by Crippen LogP contribution is -2.06. The number of hydrogen-bond donors (Lipinski definition) is 0. The molecular formula is C10H10F3O. The Bertz CT molecular complexity index is 299. The van der Waals surface area contributed by atoms with Gasteiger partial charge in [-0.05, 0) is 24.5 Å². The first-order chi connectivity index (χ1) is 6.65. The van der Waals surface area contributed by atoms with E-state index in [1.807, 2.05) is 0 Å². The zero-order valence-electron chi connectivity index (χ0n) is 7.64. The Hall–Kier alpha value is -1.19. The molecule has 0 saturated carbocycles. The number of ether oxygens (including phenoxy) is 1. The molecule has 1 nitrogen and oxygen atoms in total. The molecule has 4 heteroatoms. The normalized spacial score (nSPS) is 10.6. The van der Waals surface area contributed by atoms with Gasteiger partial charge in [-0.2, -0.15) is 8.78 Å². The Morgan fingerprint density at radius 1 is 1.43 bits per heavy atom. The highest BCUT2D eigenvalue weighted by atomic mass is 19.3. The van der Waals surface area contributed by atoms with E-state index in [1.54, 1.807) is 19.4 Å². The van der Waals surface area contributed by atoms with Gasteiger partial charge in [-0.1, -0.05) is 19.1 Å². The van der Waals surface area contributed by atoms with E-state index in [0.717, 1.165) is 6.07 Å². The van der Waals surface area contributed by atoms with Crippen LogP contribution in [0.3, 0.4) is 0 Å². The van der Waals surface area contributed by atoms with E-state index in [4.69, 9.17) is 0 Å². The molecule has 0 amide bonds. The minimum atomic E-state index is -3.00. The molecule has 0 aliphatic carbocycles. The van der Waals surface area contributed by atoms with Crippen molar-refractivity contribution >= 4 is 0 Å². The predicted molar refractivity (Wildman–Crippen MR) is 46.7 cm³/mol. The second-order valence-electron chi connectivity index (χ2n) is 2.72. The van der Waals surface area contributed by atoms with Crippen molar-refractivity contribution in [1.29, 1.82) is 0 Å². The van der Waals surface area contributed by atoms with E-state index >= 15 is 0 Å². The molecule has 0 saturated heterocycles. The fourth-order valence-electron chi connectivity index (χ4n) is 1.16. The van der Waals surface area contributed by atoms with Gasteiger partial charge in [0.2, 0.25) is 0 Å². The quantitative estimate of drug-likeness (QED) is 0.730. The second kappa shape index (κ2) is 4.88. The molecular weight excluding hydrogens is 193 g/mol. The van der Waals surface area contributed by atoms with Gasteiger partial charge in [0.05, 0.1) is 0 Å². The summed E-state index contributed by atoms with van der Waals surface area (Å²) in [6, 6.07) is 4.12. The van der Waals surface area contributed by atoms with Gasteiger partial charge in [0.1, 0.15) is 0 Å². The monoisotopic (exact) mass is 203 g/mol. The zero-order chi connectivity index (χ0) is 10.6. The topological polar surface area (TPSA) is 9.23 Å². The molecule has 1 aromatic carbocycles. The van der Waals surface area contributed by atoms with Crippen LogP contribution in [0.1, 0.15) is 12.5 Å². The largest absolute Gasteiger partial charge is 0.431 e. The molecule has 0 spiro atoms. The van der Waals surface area contributed by atoms with Crippen LogP contribution in [0.2, 0.25) is 0 Å². The maximum absolute atomic E-state index is 13.1. The van der Waals surface area contributed by atoms with Gasteiger partial charge in [-0.25, -0.2) is 4.39 Å². The van der Waals surface area contributed by atoms with E-state index in [-0.39, 0.29) is 5.75 Å². The maximum Gasteiger partial charge on any atom is 0.387 e. The molecule has 14 heavy (non-hydrogen) atoms. The molecule has 0 aliphatic heterocycles. The van der Waals surface area contributed by atoms with Gasteiger partial charge in [0.15, 0.2) is 11.6 Å². The van der Waals surface area contributed by atoms with Crippen LogP contribution >= 0.6 is 0 Å². The molecule has 77 valence electrons. The van der Waals surface area contributed by atoms with Crippen LogP contribution in [0.4, 0.5) is 13.2 Å². The summed E-state index contributed by atoms with van der Waals surface area (Å²) in [4.78, 5) is 0. The lowest BCUT2D eigenvalue weighted by Gasteiger charge is -2.10. The fourth-order valence-corrected chi connectivity index (χ4v) is 1.16. The summed E-state index contributed by atoms with van der Waals surface area (Å²) in [5.74, 6) is -1.12. The molecule has 0 N–H and O–H groups in total. The molecule has 0 heterocycles.